The van der Waals surface area contributed by atoms with Crippen LogP contribution in [0.3, 0.4) is 0 Å². The van der Waals surface area contributed by atoms with E-state index in [0.29, 0.717) is 6.04 Å². The standard InChI is InChI=1S/C12H27NS/c1-5-6-7-8-14-10-12(4)9-13-11(2)3/h11-13H,5-10H2,1-4H3. The molecule has 0 amide bonds. The number of unbranched alkanes of at least 4 members (excludes halogenated alkanes) is 2. The van der Waals surface area contributed by atoms with Gasteiger partial charge >= 0.3 is 0 Å². The van der Waals surface area contributed by atoms with Crippen molar-refractivity contribution in [3.05, 3.63) is 0 Å². The molecule has 0 aromatic heterocycles. The van der Waals surface area contributed by atoms with E-state index in [4.69, 9.17) is 0 Å². The molecule has 0 aliphatic carbocycles. The molecule has 0 aliphatic heterocycles. The van der Waals surface area contributed by atoms with Crippen molar-refractivity contribution in [2.75, 3.05) is 18.1 Å². The third-order valence-electron chi connectivity index (χ3n) is 2.17. The highest BCUT2D eigenvalue weighted by molar-refractivity contribution is 7.99. The van der Waals surface area contributed by atoms with Gasteiger partial charge in [0.25, 0.3) is 0 Å². The second kappa shape index (κ2) is 9.85. The molecule has 0 fully saturated rings. The second-order valence-corrected chi connectivity index (χ2v) is 5.60. The van der Waals surface area contributed by atoms with Crippen LogP contribution in [0.5, 0.6) is 0 Å². The van der Waals surface area contributed by atoms with Gasteiger partial charge in [-0.2, -0.15) is 11.8 Å². The topological polar surface area (TPSA) is 12.0 Å². The maximum absolute atomic E-state index is 3.48. The summed E-state index contributed by atoms with van der Waals surface area (Å²) in [6, 6.07) is 0.627. The van der Waals surface area contributed by atoms with E-state index in [1.165, 1.54) is 37.3 Å². The molecule has 1 unspecified atom stereocenters. The Morgan fingerprint density at radius 1 is 1.14 bits per heavy atom. The van der Waals surface area contributed by atoms with Gasteiger partial charge in [0.15, 0.2) is 0 Å². The van der Waals surface area contributed by atoms with Crippen LogP contribution < -0.4 is 5.32 Å². The maximum atomic E-state index is 3.48. The van der Waals surface area contributed by atoms with Crippen molar-refractivity contribution in [2.45, 2.75) is 53.0 Å². The number of hydrogen-bond donors (Lipinski definition) is 1. The molecule has 1 nitrogen and oxygen atoms in total. The SMILES string of the molecule is CCCCCSCC(C)CNC(C)C. The van der Waals surface area contributed by atoms with Crippen molar-refractivity contribution in [3.63, 3.8) is 0 Å². The van der Waals surface area contributed by atoms with Crippen LogP contribution in [-0.4, -0.2) is 24.1 Å². The molecule has 86 valence electrons. The fourth-order valence-electron chi connectivity index (χ4n) is 1.23. The van der Waals surface area contributed by atoms with Crippen molar-refractivity contribution in [2.24, 2.45) is 5.92 Å². The molecule has 0 radical (unpaired) electrons. The van der Waals surface area contributed by atoms with Crippen LogP contribution in [0.2, 0.25) is 0 Å². The molecule has 2 heteroatoms. The highest BCUT2D eigenvalue weighted by Gasteiger charge is 2.02. The lowest BCUT2D eigenvalue weighted by Crippen LogP contribution is -2.28. The Morgan fingerprint density at radius 3 is 2.43 bits per heavy atom. The lowest BCUT2D eigenvalue weighted by atomic mass is 10.2. The first-order valence-electron chi connectivity index (χ1n) is 5.98. The zero-order chi connectivity index (χ0) is 10.8. The van der Waals surface area contributed by atoms with Gasteiger partial charge in [-0.15, -0.1) is 0 Å². The molecule has 0 aliphatic rings. The van der Waals surface area contributed by atoms with Gasteiger partial charge in [-0.25, -0.2) is 0 Å². The van der Waals surface area contributed by atoms with Gasteiger partial charge in [-0.1, -0.05) is 40.5 Å². The fraction of sp³-hybridized carbons (Fsp3) is 1.00. The molecular formula is C12H27NS. The lowest BCUT2D eigenvalue weighted by molar-refractivity contribution is 0.510. The van der Waals surface area contributed by atoms with Crippen LogP contribution in [0.4, 0.5) is 0 Å². The van der Waals surface area contributed by atoms with Gasteiger partial charge in [0.05, 0.1) is 0 Å². The molecule has 0 aromatic rings. The molecule has 0 bridgehead atoms. The monoisotopic (exact) mass is 217 g/mol. The van der Waals surface area contributed by atoms with E-state index >= 15 is 0 Å². The van der Waals surface area contributed by atoms with Crippen molar-refractivity contribution in [3.8, 4) is 0 Å². The highest BCUT2D eigenvalue weighted by atomic mass is 32.2. The zero-order valence-electron chi connectivity index (χ0n) is 10.3. The van der Waals surface area contributed by atoms with Crippen LogP contribution in [0.15, 0.2) is 0 Å². The highest BCUT2D eigenvalue weighted by Crippen LogP contribution is 2.10. The molecule has 0 saturated heterocycles. The van der Waals surface area contributed by atoms with E-state index in [0.717, 1.165) is 5.92 Å². The Hall–Kier alpha value is 0.310. The predicted molar refractivity (Wildman–Crippen MR) is 69.2 cm³/mol. The second-order valence-electron chi connectivity index (χ2n) is 4.45. The summed E-state index contributed by atoms with van der Waals surface area (Å²) in [6.45, 7) is 10.2. The first-order chi connectivity index (χ1) is 6.66. The van der Waals surface area contributed by atoms with E-state index in [-0.39, 0.29) is 0 Å². The average Bonchev–Trinajstić information content (AvgIpc) is 2.14. The molecule has 14 heavy (non-hydrogen) atoms. The van der Waals surface area contributed by atoms with Gasteiger partial charge < -0.3 is 5.32 Å². The predicted octanol–water partition coefficient (Wildman–Crippen LogP) is 3.54. The maximum Gasteiger partial charge on any atom is 0.00104 e. The molecule has 0 saturated carbocycles. The van der Waals surface area contributed by atoms with Gasteiger partial charge in [0.2, 0.25) is 0 Å². The van der Waals surface area contributed by atoms with Gasteiger partial charge in [0, 0.05) is 6.04 Å². The third-order valence-corrected chi connectivity index (χ3v) is 3.55. The van der Waals surface area contributed by atoms with Crippen molar-refractivity contribution >= 4 is 11.8 Å². The van der Waals surface area contributed by atoms with Crippen LogP contribution in [0, 0.1) is 5.92 Å². The van der Waals surface area contributed by atoms with Crippen molar-refractivity contribution in [1.29, 1.82) is 0 Å². The Balaban J connectivity index is 3.14. The van der Waals surface area contributed by atoms with E-state index in [2.05, 4.69) is 44.8 Å². The largest absolute Gasteiger partial charge is 0.314 e. The quantitative estimate of drug-likeness (QED) is 0.593. The number of nitrogens with one attached hydrogen (secondary N) is 1. The summed E-state index contributed by atoms with van der Waals surface area (Å²) in [4.78, 5) is 0. The van der Waals surface area contributed by atoms with Crippen LogP contribution in [0.25, 0.3) is 0 Å². The molecule has 0 spiro atoms. The molecule has 1 N–H and O–H groups in total. The normalized spacial score (nSPS) is 13.5. The summed E-state index contributed by atoms with van der Waals surface area (Å²) in [5, 5.41) is 3.48. The molecule has 1 atom stereocenters. The smallest absolute Gasteiger partial charge is 0.00104 e. The van der Waals surface area contributed by atoms with Crippen molar-refractivity contribution < 1.29 is 0 Å². The molecular weight excluding hydrogens is 190 g/mol. The Kier molecular flexibility index (Phi) is 10.1. The van der Waals surface area contributed by atoms with Crippen LogP contribution in [-0.2, 0) is 0 Å². The van der Waals surface area contributed by atoms with Gasteiger partial charge in [0.1, 0.15) is 0 Å². The Labute approximate surface area is 94.4 Å². The van der Waals surface area contributed by atoms with Crippen LogP contribution >= 0.6 is 11.8 Å². The van der Waals surface area contributed by atoms with E-state index < -0.39 is 0 Å². The lowest BCUT2D eigenvalue weighted by Gasteiger charge is -2.14. The van der Waals surface area contributed by atoms with E-state index in [1.54, 1.807) is 0 Å². The minimum Gasteiger partial charge on any atom is -0.314 e. The Morgan fingerprint density at radius 2 is 1.86 bits per heavy atom. The first-order valence-corrected chi connectivity index (χ1v) is 7.13. The number of rotatable bonds is 9. The molecule has 0 heterocycles. The van der Waals surface area contributed by atoms with Gasteiger partial charge in [-0.3, -0.25) is 0 Å². The number of thioether (sulfide) groups is 1. The summed E-state index contributed by atoms with van der Waals surface area (Å²) in [5.74, 6) is 3.47. The summed E-state index contributed by atoms with van der Waals surface area (Å²) in [5.41, 5.74) is 0. The Bertz CT molecular complexity index is 115. The minimum atomic E-state index is 0.627. The number of hydrogen-bond acceptors (Lipinski definition) is 2. The van der Waals surface area contributed by atoms with E-state index in [9.17, 15) is 0 Å². The zero-order valence-corrected chi connectivity index (χ0v) is 11.1. The summed E-state index contributed by atoms with van der Waals surface area (Å²) in [7, 11) is 0. The average molecular weight is 217 g/mol. The third kappa shape index (κ3) is 10.4. The van der Waals surface area contributed by atoms with Crippen molar-refractivity contribution in [1.82, 2.24) is 5.32 Å². The van der Waals surface area contributed by atoms with Crippen LogP contribution in [0.1, 0.15) is 47.0 Å². The van der Waals surface area contributed by atoms with E-state index in [1.807, 2.05) is 0 Å². The molecule has 0 aromatic carbocycles. The minimum absolute atomic E-state index is 0.627. The summed E-state index contributed by atoms with van der Waals surface area (Å²) < 4.78 is 0. The summed E-state index contributed by atoms with van der Waals surface area (Å²) >= 11 is 2.11. The summed E-state index contributed by atoms with van der Waals surface area (Å²) in [6.07, 6.45) is 4.13. The first kappa shape index (κ1) is 14.3. The molecule has 0 rings (SSSR count). The fourth-order valence-corrected chi connectivity index (χ4v) is 2.33. The van der Waals surface area contributed by atoms with Gasteiger partial charge in [-0.05, 0) is 30.4 Å².